The summed E-state index contributed by atoms with van der Waals surface area (Å²) in [7, 11) is 0. The summed E-state index contributed by atoms with van der Waals surface area (Å²) >= 11 is 6.04. The minimum absolute atomic E-state index is 0.486. The molecule has 3 rings (SSSR count). The first-order valence-electron chi connectivity index (χ1n) is 7.88. The maximum Gasteiger partial charge on any atom is 0.0737 e. The van der Waals surface area contributed by atoms with Crippen LogP contribution in [0.25, 0.3) is 10.9 Å². The molecule has 5 radical (unpaired) electrons. The number of nitrogens with zero attached hydrogens (tertiary/aromatic N) is 1. The molecule has 1 saturated carbocycles. The molecular formula is C19H21ClN3. The zero-order valence-electron chi connectivity index (χ0n) is 13.4. The Labute approximate surface area is 143 Å². The first-order chi connectivity index (χ1) is 11.1. The van der Waals surface area contributed by atoms with Crippen LogP contribution in [0.1, 0.15) is 13.8 Å². The quantitative estimate of drug-likeness (QED) is 0.840. The molecule has 1 aromatic heterocycles. The molecule has 1 aliphatic carbocycles. The maximum absolute atomic E-state index is 6.04. The molecule has 2 N–H and O–H groups in total. The largest absolute Gasteiger partial charge is 0.384 e. The summed E-state index contributed by atoms with van der Waals surface area (Å²) in [6, 6.07) is 8.30. The molecule has 1 heterocycles. The van der Waals surface area contributed by atoms with Crippen molar-refractivity contribution < 1.29 is 0 Å². The molecule has 4 heteroatoms. The number of halogens is 1. The third kappa shape index (κ3) is 4.15. The van der Waals surface area contributed by atoms with Crippen LogP contribution in [0.3, 0.4) is 0 Å². The number of fused-ring (bicyclic) bond motifs is 1. The molecule has 0 bridgehead atoms. The topological polar surface area (TPSA) is 37.0 Å². The molecule has 23 heavy (non-hydrogen) atoms. The average molecular weight is 327 g/mol. The SMILES string of the molecule is CC(C)NC[C]1[CH][CH][CH][C]1CNc1ccnc2cc(Cl)ccc12. The Hall–Kier alpha value is -1.32. The Morgan fingerprint density at radius 1 is 1.09 bits per heavy atom. The predicted molar refractivity (Wildman–Crippen MR) is 97.8 cm³/mol. The van der Waals surface area contributed by atoms with Gasteiger partial charge < -0.3 is 10.6 Å². The van der Waals surface area contributed by atoms with Gasteiger partial charge in [0.25, 0.3) is 0 Å². The standard InChI is InChI=1S/C19H21ClN3/c1-13(2)22-11-14-4-3-5-15(14)12-23-18-8-9-21-19-10-16(20)6-7-17(18)19/h3-10,13,22H,11-12H2,1-2H3,(H,21,23). The van der Waals surface area contributed by atoms with E-state index in [1.807, 2.05) is 30.5 Å². The van der Waals surface area contributed by atoms with E-state index in [1.165, 1.54) is 11.8 Å². The lowest BCUT2D eigenvalue weighted by Crippen LogP contribution is -2.30. The zero-order valence-corrected chi connectivity index (χ0v) is 14.2. The summed E-state index contributed by atoms with van der Waals surface area (Å²) in [6.07, 6.45) is 8.27. The number of benzene rings is 1. The van der Waals surface area contributed by atoms with E-state index < -0.39 is 0 Å². The van der Waals surface area contributed by atoms with E-state index in [1.54, 1.807) is 0 Å². The van der Waals surface area contributed by atoms with Crippen LogP contribution >= 0.6 is 11.6 Å². The van der Waals surface area contributed by atoms with Crippen molar-refractivity contribution >= 4 is 28.2 Å². The van der Waals surface area contributed by atoms with E-state index in [0.29, 0.717) is 11.1 Å². The third-order valence-electron chi connectivity index (χ3n) is 3.88. The Morgan fingerprint density at radius 3 is 2.65 bits per heavy atom. The lowest BCUT2D eigenvalue weighted by molar-refractivity contribution is 0.601. The van der Waals surface area contributed by atoms with Gasteiger partial charge in [-0.05, 0) is 43.5 Å². The maximum atomic E-state index is 6.04. The van der Waals surface area contributed by atoms with E-state index in [2.05, 4.69) is 48.7 Å². The van der Waals surface area contributed by atoms with Crippen LogP contribution in [0.5, 0.6) is 0 Å². The number of aromatic nitrogens is 1. The first kappa shape index (κ1) is 16.5. The fourth-order valence-electron chi connectivity index (χ4n) is 2.62. The zero-order chi connectivity index (χ0) is 16.2. The first-order valence-corrected chi connectivity index (χ1v) is 8.26. The Bertz CT molecular complexity index is 656. The number of hydrogen-bond donors (Lipinski definition) is 2. The molecule has 0 unspecified atom stereocenters. The highest BCUT2D eigenvalue weighted by Crippen LogP contribution is 2.33. The van der Waals surface area contributed by atoms with Gasteiger partial charge in [0.15, 0.2) is 0 Å². The normalized spacial score (nSPS) is 16.5. The van der Waals surface area contributed by atoms with Gasteiger partial charge in [-0.3, -0.25) is 4.98 Å². The van der Waals surface area contributed by atoms with Crippen molar-refractivity contribution in [3.05, 3.63) is 66.6 Å². The van der Waals surface area contributed by atoms with Gasteiger partial charge in [-0.15, -0.1) is 0 Å². The number of hydrogen-bond acceptors (Lipinski definition) is 3. The van der Waals surface area contributed by atoms with Gasteiger partial charge in [-0.1, -0.05) is 25.4 Å². The molecule has 119 valence electrons. The van der Waals surface area contributed by atoms with Gasteiger partial charge in [0, 0.05) is 53.3 Å². The van der Waals surface area contributed by atoms with Crippen molar-refractivity contribution in [3.63, 3.8) is 0 Å². The van der Waals surface area contributed by atoms with E-state index in [4.69, 9.17) is 11.6 Å². The minimum atomic E-state index is 0.486. The summed E-state index contributed by atoms with van der Waals surface area (Å²) in [4.78, 5) is 4.38. The van der Waals surface area contributed by atoms with Crippen molar-refractivity contribution in [1.82, 2.24) is 10.3 Å². The molecule has 0 spiro atoms. The van der Waals surface area contributed by atoms with Crippen LogP contribution in [0.4, 0.5) is 5.69 Å². The number of anilines is 1. The molecule has 1 fully saturated rings. The Kier molecular flexibility index (Phi) is 5.39. The second kappa shape index (κ2) is 7.50. The second-order valence-corrected chi connectivity index (χ2v) is 6.42. The van der Waals surface area contributed by atoms with Gasteiger partial charge in [-0.2, -0.15) is 0 Å². The smallest absolute Gasteiger partial charge is 0.0737 e. The highest BCUT2D eigenvalue weighted by molar-refractivity contribution is 6.31. The molecule has 0 atom stereocenters. The highest BCUT2D eigenvalue weighted by atomic mass is 35.5. The molecule has 1 aliphatic rings. The van der Waals surface area contributed by atoms with Gasteiger partial charge in [-0.25, -0.2) is 0 Å². The van der Waals surface area contributed by atoms with Gasteiger partial charge in [0.2, 0.25) is 0 Å². The van der Waals surface area contributed by atoms with E-state index in [-0.39, 0.29) is 0 Å². The van der Waals surface area contributed by atoms with Crippen molar-refractivity contribution in [2.24, 2.45) is 0 Å². The number of pyridine rings is 1. The lowest BCUT2D eigenvalue weighted by Gasteiger charge is -2.21. The molecule has 0 aliphatic heterocycles. The minimum Gasteiger partial charge on any atom is -0.384 e. The average Bonchev–Trinajstić information content (AvgIpc) is 2.98. The summed E-state index contributed by atoms with van der Waals surface area (Å²) in [5, 5.41) is 8.79. The Morgan fingerprint density at radius 2 is 1.87 bits per heavy atom. The molecule has 0 amide bonds. The summed E-state index contributed by atoms with van der Waals surface area (Å²) < 4.78 is 0. The van der Waals surface area contributed by atoms with Crippen molar-refractivity contribution in [1.29, 1.82) is 0 Å². The molecule has 3 nitrogen and oxygen atoms in total. The molecular weight excluding hydrogens is 306 g/mol. The van der Waals surface area contributed by atoms with Crippen molar-refractivity contribution in [3.8, 4) is 0 Å². The van der Waals surface area contributed by atoms with E-state index >= 15 is 0 Å². The number of rotatable bonds is 6. The van der Waals surface area contributed by atoms with Crippen LogP contribution in [-0.4, -0.2) is 24.1 Å². The van der Waals surface area contributed by atoms with Crippen LogP contribution in [-0.2, 0) is 0 Å². The van der Waals surface area contributed by atoms with Crippen molar-refractivity contribution in [2.75, 3.05) is 18.4 Å². The fraction of sp³-hybridized carbons (Fsp3) is 0.263. The third-order valence-corrected chi connectivity index (χ3v) is 4.12. The van der Waals surface area contributed by atoms with Crippen molar-refractivity contribution in [2.45, 2.75) is 19.9 Å². The van der Waals surface area contributed by atoms with Gasteiger partial charge in [0.05, 0.1) is 5.52 Å². The van der Waals surface area contributed by atoms with Crippen LogP contribution in [0.2, 0.25) is 5.02 Å². The summed E-state index contributed by atoms with van der Waals surface area (Å²) in [5.74, 6) is 2.66. The summed E-state index contributed by atoms with van der Waals surface area (Å²) in [6.45, 7) is 6.02. The lowest BCUT2D eigenvalue weighted by atomic mass is 9.95. The predicted octanol–water partition coefficient (Wildman–Crippen LogP) is 4.07. The molecule has 1 aromatic carbocycles. The van der Waals surface area contributed by atoms with Crippen LogP contribution in [0.15, 0.2) is 30.5 Å². The van der Waals surface area contributed by atoms with E-state index in [9.17, 15) is 0 Å². The monoisotopic (exact) mass is 326 g/mol. The number of nitrogens with one attached hydrogen (secondary N) is 2. The van der Waals surface area contributed by atoms with Crippen LogP contribution in [0, 0.1) is 31.1 Å². The fourth-order valence-corrected chi connectivity index (χ4v) is 2.79. The summed E-state index contributed by atoms with van der Waals surface area (Å²) in [5.41, 5.74) is 1.99. The van der Waals surface area contributed by atoms with Gasteiger partial charge >= 0.3 is 0 Å². The van der Waals surface area contributed by atoms with Crippen LogP contribution < -0.4 is 10.6 Å². The molecule has 0 saturated heterocycles. The highest BCUT2D eigenvalue weighted by Gasteiger charge is 2.28. The van der Waals surface area contributed by atoms with E-state index in [0.717, 1.165) is 29.7 Å². The van der Waals surface area contributed by atoms with Gasteiger partial charge in [0.1, 0.15) is 0 Å². The Balaban J connectivity index is 1.66. The molecule has 2 aromatic rings. The second-order valence-electron chi connectivity index (χ2n) is 5.99.